The number of tetrazole rings is 1. The van der Waals surface area contributed by atoms with Gasteiger partial charge in [-0.25, -0.2) is 19.2 Å². The molecule has 2 atom stereocenters. The van der Waals surface area contributed by atoms with Gasteiger partial charge in [-0.2, -0.15) is 4.68 Å². The number of imidazole rings is 1. The predicted molar refractivity (Wildman–Crippen MR) is 133 cm³/mol. The van der Waals surface area contributed by atoms with Crippen LogP contribution in [0.5, 0.6) is 0 Å². The van der Waals surface area contributed by atoms with Gasteiger partial charge in [0.2, 0.25) is 5.91 Å². The number of rotatable bonds is 5. The molecule has 38 heavy (non-hydrogen) atoms. The molecule has 12 nitrogen and oxygen atoms in total. The number of carbonyl (C=O) groups is 2. The molecule has 1 fully saturated rings. The molecule has 5 heterocycles. The maximum absolute atomic E-state index is 15.3. The third-order valence-corrected chi connectivity index (χ3v) is 7.01. The van der Waals surface area contributed by atoms with E-state index in [1.165, 1.54) is 29.3 Å². The summed E-state index contributed by atoms with van der Waals surface area (Å²) in [6, 6.07) is 5.90. The number of fused-ring (bicyclic) bond motifs is 1. The molecule has 2 aliphatic heterocycles. The molecule has 2 aliphatic rings. The highest BCUT2D eigenvalue weighted by molar-refractivity contribution is 6.31. The fraction of sp³-hybridized carbons (Fsp3) is 0.208. The van der Waals surface area contributed by atoms with Crippen molar-refractivity contribution in [3.8, 4) is 16.9 Å². The molecule has 0 radical (unpaired) electrons. The van der Waals surface area contributed by atoms with Crippen molar-refractivity contribution >= 4 is 35.0 Å². The number of nitrogens with one attached hydrogen (secondary N) is 2. The summed E-state index contributed by atoms with van der Waals surface area (Å²) in [5.41, 5.74) is 2.53. The van der Waals surface area contributed by atoms with Crippen LogP contribution in [-0.2, 0) is 4.79 Å². The Labute approximate surface area is 219 Å². The SMILES string of the molecule is O=C(O)Nc1ccc(-c2cnc([C@@H]3CCC4CC(c5c(-n6cnnn6)ccc(Cl)c5F)=CC(=O)N43)[nH]2)cn1. The van der Waals surface area contributed by atoms with Crippen molar-refractivity contribution < 1.29 is 19.1 Å². The van der Waals surface area contributed by atoms with E-state index in [9.17, 15) is 9.59 Å². The number of hydrogen-bond donors (Lipinski definition) is 3. The Balaban J connectivity index is 1.27. The lowest BCUT2D eigenvalue weighted by Gasteiger charge is -2.33. The molecular weight excluding hydrogens is 517 g/mol. The molecule has 192 valence electrons. The van der Waals surface area contributed by atoms with Crippen molar-refractivity contribution in [1.82, 2.24) is 40.1 Å². The highest BCUT2D eigenvalue weighted by Crippen LogP contribution is 2.44. The van der Waals surface area contributed by atoms with Crippen molar-refractivity contribution in [2.24, 2.45) is 0 Å². The molecule has 0 aliphatic carbocycles. The van der Waals surface area contributed by atoms with Gasteiger partial charge in [0.25, 0.3) is 0 Å². The molecule has 1 aromatic carbocycles. The van der Waals surface area contributed by atoms with Gasteiger partial charge < -0.3 is 15.0 Å². The second-order valence-electron chi connectivity index (χ2n) is 8.92. The zero-order chi connectivity index (χ0) is 26.4. The van der Waals surface area contributed by atoms with E-state index in [2.05, 4.69) is 35.8 Å². The van der Waals surface area contributed by atoms with Gasteiger partial charge in [0.05, 0.1) is 28.6 Å². The largest absolute Gasteiger partial charge is 0.465 e. The Morgan fingerprint density at radius 1 is 1.18 bits per heavy atom. The Morgan fingerprint density at radius 2 is 2.05 bits per heavy atom. The number of carbonyl (C=O) groups excluding carboxylic acids is 1. The molecule has 14 heteroatoms. The summed E-state index contributed by atoms with van der Waals surface area (Å²) in [6.45, 7) is 0. The number of halogens is 2. The first-order chi connectivity index (χ1) is 18.4. The van der Waals surface area contributed by atoms with Crippen molar-refractivity contribution in [1.29, 1.82) is 0 Å². The lowest BCUT2D eigenvalue weighted by molar-refractivity contribution is -0.129. The first-order valence-corrected chi connectivity index (χ1v) is 12.0. The maximum Gasteiger partial charge on any atom is 0.410 e. The van der Waals surface area contributed by atoms with Crippen LogP contribution < -0.4 is 5.32 Å². The average Bonchev–Trinajstić information content (AvgIpc) is 3.66. The third kappa shape index (κ3) is 4.16. The number of aromatic nitrogens is 7. The van der Waals surface area contributed by atoms with Crippen LogP contribution in [-0.4, -0.2) is 63.2 Å². The lowest BCUT2D eigenvalue weighted by Crippen LogP contribution is -2.39. The molecule has 0 bridgehead atoms. The molecule has 4 aromatic rings. The van der Waals surface area contributed by atoms with Gasteiger partial charge >= 0.3 is 6.09 Å². The van der Waals surface area contributed by atoms with Gasteiger partial charge in [-0.3, -0.25) is 10.1 Å². The number of hydrogen-bond acceptors (Lipinski definition) is 7. The van der Waals surface area contributed by atoms with Gasteiger partial charge in [0.1, 0.15) is 18.0 Å². The van der Waals surface area contributed by atoms with E-state index in [4.69, 9.17) is 16.7 Å². The predicted octanol–water partition coefficient (Wildman–Crippen LogP) is 3.85. The number of nitrogens with zero attached hydrogens (tertiary/aromatic N) is 7. The molecule has 3 N–H and O–H groups in total. The van der Waals surface area contributed by atoms with Crippen LogP contribution in [0.4, 0.5) is 15.0 Å². The summed E-state index contributed by atoms with van der Waals surface area (Å²) in [4.78, 5) is 37.8. The Morgan fingerprint density at radius 3 is 2.79 bits per heavy atom. The Hall–Kier alpha value is -4.65. The van der Waals surface area contributed by atoms with Crippen molar-refractivity contribution in [2.45, 2.75) is 31.3 Å². The Kier molecular flexibility index (Phi) is 5.83. The van der Waals surface area contributed by atoms with E-state index < -0.39 is 11.9 Å². The highest BCUT2D eigenvalue weighted by Gasteiger charge is 2.42. The average molecular weight is 536 g/mol. The summed E-state index contributed by atoms with van der Waals surface area (Å²) in [5.74, 6) is -0.0376. The fourth-order valence-corrected chi connectivity index (χ4v) is 5.25. The summed E-state index contributed by atoms with van der Waals surface area (Å²) >= 11 is 6.10. The lowest BCUT2D eigenvalue weighted by atomic mass is 9.92. The highest BCUT2D eigenvalue weighted by atomic mass is 35.5. The minimum Gasteiger partial charge on any atom is -0.465 e. The fourth-order valence-electron chi connectivity index (χ4n) is 5.09. The first kappa shape index (κ1) is 23.7. The van der Waals surface area contributed by atoms with Gasteiger partial charge in [-0.05, 0) is 59.5 Å². The van der Waals surface area contributed by atoms with E-state index in [1.54, 1.807) is 29.3 Å². The summed E-state index contributed by atoms with van der Waals surface area (Å²) in [6.07, 6.45) is 6.62. The quantitative estimate of drug-likeness (QED) is 0.348. The second kappa shape index (κ2) is 9.34. The summed E-state index contributed by atoms with van der Waals surface area (Å²) in [7, 11) is 0. The molecule has 2 amide bonds. The number of benzene rings is 1. The first-order valence-electron chi connectivity index (χ1n) is 11.6. The molecular formula is C24H19ClFN9O3. The third-order valence-electron chi connectivity index (χ3n) is 6.72. The molecule has 1 saturated heterocycles. The molecule has 0 spiro atoms. The van der Waals surface area contributed by atoms with Crippen molar-refractivity contribution in [3.63, 3.8) is 0 Å². The van der Waals surface area contributed by atoms with Crippen LogP contribution in [0.3, 0.4) is 0 Å². The van der Waals surface area contributed by atoms with Crippen LogP contribution in [0.15, 0.2) is 49.1 Å². The number of H-pyrrole nitrogens is 1. The number of amides is 2. The molecule has 1 unspecified atom stereocenters. The number of aromatic amines is 1. The maximum atomic E-state index is 15.3. The normalized spacial score (nSPS) is 18.8. The van der Waals surface area contributed by atoms with E-state index in [1.807, 2.05) is 0 Å². The van der Waals surface area contributed by atoms with Gasteiger partial charge in [-0.15, -0.1) is 5.10 Å². The number of carboxylic acid groups (broad SMARTS) is 1. The van der Waals surface area contributed by atoms with Crippen LogP contribution in [0.25, 0.3) is 22.5 Å². The van der Waals surface area contributed by atoms with E-state index in [0.717, 1.165) is 0 Å². The van der Waals surface area contributed by atoms with Crippen LogP contribution >= 0.6 is 11.6 Å². The van der Waals surface area contributed by atoms with Crippen molar-refractivity contribution in [3.05, 3.63) is 71.3 Å². The van der Waals surface area contributed by atoms with Crippen LogP contribution in [0, 0.1) is 5.82 Å². The van der Waals surface area contributed by atoms with Crippen molar-refractivity contribution in [2.75, 3.05) is 5.32 Å². The minimum absolute atomic E-state index is 0.0544. The molecule has 0 saturated carbocycles. The molecule has 3 aromatic heterocycles. The smallest absolute Gasteiger partial charge is 0.410 e. The van der Waals surface area contributed by atoms with Crippen LogP contribution in [0.1, 0.15) is 36.7 Å². The van der Waals surface area contributed by atoms with E-state index in [-0.39, 0.29) is 34.4 Å². The summed E-state index contributed by atoms with van der Waals surface area (Å²) < 4.78 is 16.6. The van der Waals surface area contributed by atoms with Crippen LogP contribution in [0.2, 0.25) is 5.02 Å². The Bertz CT molecular complexity index is 1570. The van der Waals surface area contributed by atoms with Gasteiger partial charge in [0.15, 0.2) is 5.82 Å². The van der Waals surface area contributed by atoms with Gasteiger partial charge in [-0.1, -0.05) is 11.6 Å². The van der Waals surface area contributed by atoms with Gasteiger partial charge in [0, 0.05) is 29.4 Å². The monoisotopic (exact) mass is 535 g/mol. The summed E-state index contributed by atoms with van der Waals surface area (Å²) in [5, 5.41) is 22.1. The second-order valence-corrected chi connectivity index (χ2v) is 9.33. The topological polar surface area (TPSA) is 155 Å². The zero-order valence-corrected chi connectivity index (χ0v) is 20.3. The molecule has 6 rings (SSSR count). The van der Waals surface area contributed by atoms with E-state index >= 15 is 4.39 Å². The number of anilines is 1. The standard InChI is InChI=1S/C24H19ClFN9O3/c25-15-3-5-17(34-11-29-32-33-34)21(22(15)26)13-7-14-2-4-18(35(14)20(36)8-13)23-28-10-16(30-23)12-1-6-19(27-9-12)31-24(37)38/h1,3,5-6,8-11,14,18H,2,4,7H2,(H,27,31)(H,28,30)(H,37,38)/t14?,18-/m0/s1. The van der Waals surface area contributed by atoms with E-state index in [0.29, 0.717) is 47.6 Å². The minimum atomic E-state index is -1.20. The number of pyridine rings is 1. The zero-order valence-electron chi connectivity index (χ0n) is 19.5.